The third-order valence-corrected chi connectivity index (χ3v) is 4.27. The molecule has 0 aliphatic rings. The van der Waals surface area contributed by atoms with E-state index >= 15 is 0 Å². The molecule has 102 valence electrons. The monoisotopic (exact) mass is 276 g/mol. The van der Waals surface area contributed by atoms with Gasteiger partial charge in [0.25, 0.3) is 0 Å². The summed E-state index contributed by atoms with van der Waals surface area (Å²) in [6, 6.07) is 3.47. The Morgan fingerprint density at radius 3 is 2.72 bits per heavy atom. The van der Waals surface area contributed by atoms with Crippen molar-refractivity contribution in [1.29, 1.82) is 0 Å². The number of halogens is 1. The molecule has 5 nitrogen and oxygen atoms in total. The molecule has 0 amide bonds. The first kappa shape index (κ1) is 14.9. The summed E-state index contributed by atoms with van der Waals surface area (Å²) in [5.74, 6) is -0.813. The Morgan fingerprint density at radius 1 is 1.44 bits per heavy atom. The average molecular weight is 276 g/mol. The topological polar surface area (TPSA) is 72.6 Å². The maximum Gasteiger partial charge on any atom is 0.245 e. The molecule has 0 aliphatic carbocycles. The Morgan fingerprint density at radius 2 is 2.11 bits per heavy atom. The summed E-state index contributed by atoms with van der Waals surface area (Å²) in [5, 5.41) is 0. The summed E-state index contributed by atoms with van der Waals surface area (Å²) in [7, 11) is -2.50. The van der Waals surface area contributed by atoms with Crippen LogP contribution in [0, 0.1) is 5.82 Å². The van der Waals surface area contributed by atoms with Gasteiger partial charge in [0.2, 0.25) is 10.0 Å². The smallest absolute Gasteiger partial charge is 0.245 e. The first-order valence-electron chi connectivity index (χ1n) is 5.48. The lowest BCUT2D eigenvalue weighted by Gasteiger charge is -2.17. The number of benzene rings is 1. The van der Waals surface area contributed by atoms with Crippen molar-refractivity contribution >= 4 is 15.7 Å². The van der Waals surface area contributed by atoms with E-state index in [-0.39, 0.29) is 18.8 Å². The molecule has 18 heavy (non-hydrogen) atoms. The van der Waals surface area contributed by atoms with Gasteiger partial charge in [0, 0.05) is 25.9 Å². The van der Waals surface area contributed by atoms with E-state index in [4.69, 9.17) is 10.5 Å². The van der Waals surface area contributed by atoms with E-state index in [1.807, 2.05) is 6.92 Å². The SMILES string of the molecule is CCOCCN(C)S(=O)(=O)c1cc(N)ccc1F. The van der Waals surface area contributed by atoms with Crippen LogP contribution in [0.4, 0.5) is 10.1 Å². The molecule has 0 radical (unpaired) electrons. The van der Waals surface area contributed by atoms with Crippen LogP contribution >= 0.6 is 0 Å². The Labute approximate surface area is 106 Å². The fraction of sp³-hybridized carbons (Fsp3) is 0.455. The van der Waals surface area contributed by atoms with Crippen molar-refractivity contribution in [3.05, 3.63) is 24.0 Å². The van der Waals surface area contributed by atoms with Gasteiger partial charge in [0.05, 0.1) is 6.61 Å². The van der Waals surface area contributed by atoms with Crippen LogP contribution in [0.15, 0.2) is 23.1 Å². The molecule has 0 saturated heterocycles. The van der Waals surface area contributed by atoms with Crippen molar-refractivity contribution in [2.24, 2.45) is 0 Å². The van der Waals surface area contributed by atoms with E-state index in [0.717, 1.165) is 16.4 Å². The van der Waals surface area contributed by atoms with Crippen LogP contribution in [0.5, 0.6) is 0 Å². The van der Waals surface area contributed by atoms with Crippen LogP contribution in [-0.4, -0.2) is 39.5 Å². The molecule has 7 heteroatoms. The van der Waals surface area contributed by atoms with Gasteiger partial charge in [0.15, 0.2) is 0 Å². The second kappa shape index (κ2) is 6.12. The molecule has 0 aromatic heterocycles. The summed E-state index contributed by atoms with van der Waals surface area (Å²) in [6.07, 6.45) is 0. The summed E-state index contributed by atoms with van der Waals surface area (Å²) in [5.41, 5.74) is 5.67. The lowest BCUT2D eigenvalue weighted by Crippen LogP contribution is -2.31. The lowest BCUT2D eigenvalue weighted by molar-refractivity contribution is 0.138. The number of ether oxygens (including phenoxy) is 1. The van der Waals surface area contributed by atoms with Gasteiger partial charge in [0.1, 0.15) is 10.7 Å². The maximum absolute atomic E-state index is 13.5. The predicted molar refractivity (Wildman–Crippen MR) is 67.1 cm³/mol. The van der Waals surface area contributed by atoms with Gasteiger partial charge in [-0.1, -0.05) is 0 Å². The highest BCUT2D eigenvalue weighted by molar-refractivity contribution is 7.89. The molecule has 2 N–H and O–H groups in total. The number of nitrogens with zero attached hydrogens (tertiary/aromatic N) is 1. The van der Waals surface area contributed by atoms with Gasteiger partial charge in [-0.15, -0.1) is 0 Å². The molecule has 0 aliphatic heterocycles. The van der Waals surface area contributed by atoms with Crippen molar-refractivity contribution in [2.45, 2.75) is 11.8 Å². The van der Waals surface area contributed by atoms with Gasteiger partial charge in [-0.2, -0.15) is 4.31 Å². The second-order valence-electron chi connectivity index (χ2n) is 3.71. The van der Waals surface area contributed by atoms with Crippen LogP contribution in [0.3, 0.4) is 0 Å². The summed E-state index contributed by atoms with van der Waals surface area (Å²) < 4.78 is 43.8. The number of nitrogen functional groups attached to an aromatic ring is 1. The zero-order valence-electron chi connectivity index (χ0n) is 10.4. The minimum atomic E-state index is -3.87. The molecule has 0 unspecified atom stereocenters. The van der Waals surface area contributed by atoms with E-state index in [9.17, 15) is 12.8 Å². The first-order valence-corrected chi connectivity index (χ1v) is 6.92. The van der Waals surface area contributed by atoms with Crippen molar-refractivity contribution in [3.8, 4) is 0 Å². The zero-order chi connectivity index (χ0) is 13.8. The first-order chi connectivity index (χ1) is 8.39. The highest BCUT2D eigenvalue weighted by Gasteiger charge is 2.24. The molecular formula is C11H17FN2O3S. The minimum absolute atomic E-state index is 0.157. The lowest BCUT2D eigenvalue weighted by atomic mass is 10.3. The predicted octanol–water partition coefficient (Wildman–Crippen LogP) is 1.06. The number of nitrogens with two attached hydrogens (primary N) is 1. The maximum atomic E-state index is 13.5. The van der Waals surface area contributed by atoms with Crippen molar-refractivity contribution < 1.29 is 17.5 Å². The Hall–Kier alpha value is -1.18. The van der Waals surface area contributed by atoms with Gasteiger partial charge in [-0.25, -0.2) is 12.8 Å². The zero-order valence-corrected chi connectivity index (χ0v) is 11.2. The number of rotatable bonds is 6. The standard InChI is InChI=1S/C11H17FN2O3S/c1-3-17-7-6-14(2)18(15,16)11-8-9(13)4-5-10(11)12/h4-5,8H,3,6-7,13H2,1-2H3. The number of hydrogen-bond donors (Lipinski definition) is 1. The number of anilines is 1. The van der Waals surface area contributed by atoms with E-state index in [2.05, 4.69) is 0 Å². The highest BCUT2D eigenvalue weighted by Crippen LogP contribution is 2.20. The second-order valence-corrected chi connectivity index (χ2v) is 5.73. The third kappa shape index (κ3) is 3.41. The highest BCUT2D eigenvalue weighted by atomic mass is 32.2. The van der Waals surface area contributed by atoms with Gasteiger partial charge >= 0.3 is 0 Å². The van der Waals surface area contributed by atoms with Crippen LogP contribution in [0.1, 0.15) is 6.92 Å². The molecular weight excluding hydrogens is 259 g/mol. The van der Waals surface area contributed by atoms with Crippen LogP contribution in [0.25, 0.3) is 0 Å². The third-order valence-electron chi connectivity index (χ3n) is 2.40. The van der Waals surface area contributed by atoms with Crippen molar-refractivity contribution in [2.75, 3.05) is 32.5 Å². The summed E-state index contributed by atoms with van der Waals surface area (Å²) in [6.45, 7) is 2.73. The van der Waals surface area contributed by atoms with Crippen LogP contribution < -0.4 is 5.73 Å². The Balaban J connectivity index is 2.95. The van der Waals surface area contributed by atoms with E-state index in [1.165, 1.54) is 13.1 Å². The fourth-order valence-corrected chi connectivity index (χ4v) is 2.59. The summed E-state index contributed by atoms with van der Waals surface area (Å²) in [4.78, 5) is -0.415. The van der Waals surface area contributed by atoms with Crippen LogP contribution in [-0.2, 0) is 14.8 Å². The van der Waals surface area contributed by atoms with E-state index in [1.54, 1.807) is 0 Å². The molecule has 1 rings (SSSR count). The molecule has 0 fully saturated rings. The van der Waals surface area contributed by atoms with Crippen molar-refractivity contribution in [3.63, 3.8) is 0 Å². The molecule has 0 heterocycles. The van der Waals surface area contributed by atoms with E-state index < -0.39 is 20.7 Å². The number of likely N-dealkylation sites (N-methyl/N-ethyl adjacent to an activating group) is 1. The van der Waals surface area contributed by atoms with Crippen LogP contribution in [0.2, 0.25) is 0 Å². The largest absolute Gasteiger partial charge is 0.399 e. The molecule has 1 aromatic rings. The number of hydrogen-bond acceptors (Lipinski definition) is 4. The normalized spacial score (nSPS) is 12.0. The molecule has 0 spiro atoms. The molecule has 1 aromatic carbocycles. The van der Waals surface area contributed by atoms with Crippen molar-refractivity contribution in [1.82, 2.24) is 4.31 Å². The fourth-order valence-electron chi connectivity index (χ4n) is 1.34. The minimum Gasteiger partial charge on any atom is -0.399 e. The molecule has 0 bridgehead atoms. The number of sulfonamides is 1. The van der Waals surface area contributed by atoms with Gasteiger partial charge < -0.3 is 10.5 Å². The quantitative estimate of drug-likeness (QED) is 0.623. The summed E-state index contributed by atoms with van der Waals surface area (Å²) >= 11 is 0. The average Bonchev–Trinajstić information content (AvgIpc) is 2.32. The molecule has 0 atom stereocenters. The Kier molecular flexibility index (Phi) is 5.06. The molecule has 0 saturated carbocycles. The Bertz CT molecular complexity index is 505. The van der Waals surface area contributed by atoms with Gasteiger partial charge in [-0.05, 0) is 25.1 Å². The van der Waals surface area contributed by atoms with E-state index in [0.29, 0.717) is 6.61 Å². The van der Waals surface area contributed by atoms with Gasteiger partial charge in [-0.3, -0.25) is 0 Å².